The van der Waals surface area contributed by atoms with E-state index in [0.717, 1.165) is 98.1 Å². The highest BCUT2D eigenvalue weighted by molar-refractivity contribution is 5.63. The number of epoxide rings is 4. The molecule has 4 saturated heterocycles. The molecule has 8 nitrogen and oxygen atoms in total. The van der Waals surface area contributed by atoms with Gasteiger partial charge in [-0.15, -0.1) is 0 Å². The highest BCUT2D eigenvalue weighted by Crippen LogP contribution is 2.46. The molecule has 0 spiro atoms. The molecule has 8 rings (SSSR count). The van der Waals surface area contributed by atoms with Crippen LogP contribution in [0.1, 0.15) is 25.0 Å². The summed E-state index contributed by atoms with van der Waals surface area (Å²) in [5.41, 5.74) is 3.83. The van der Waals surface area contributed by atoms with Gasteiger partial charge < -0.3 is 38.2 Å². The average molecular weight is 635 g/mol. The monoisotopic (exact) mass is 634 g/mol. The summed E-state index contributed by atoms with van der Waals surface area (Å²) in [4.78, 5) is 4.73. The zero-order valence-corrected chi connectivity index (χ0v) is 27.0. The highest BCUT2D eigenvalue weighted by atomic mass is 16.6. The Kier molecular flexibility index (Phi) is 8.27. The number of hydrogen-bond acceptors (Lipinski definition) is 8. The van der Waals surface area contributed by atoms with Gasteiger partial charge in [0, 0.05) is 66.2 Å². The lowest BCUT2D eigenvalue weighted by Crippen LogP contribution is -2.32. The van der Waals surface area contributed by atoms with Gasteiger partial charge in [0.15, 0.2) is 0 Å². The lowest BCUT2D eigenvalue weighted by Gasteiger charge is -2.32. The first-order chi connectivity index (χ1) is 23.0. The van der Waals surface area contributed by atoms with E-state index in [-0.39, 0.29) is 24.4 Å². The van der Waals surface area contributed by atoms with Crippen molar-refractivity contribution in [3.63, 3.8) is 0 Å². The molecule has 4 heterocycles. The van der Waals surface area contributed by atoms with Gasteiger partial charge in [-0.05, 0) is 36.4 Å². The molecule has 0 bridgehead atoms. The number of benzene rings is 4. The van der Waals surface area contributed by atoms with E-state index in [4.69, 9.17) is 28.4 Å². The highest BCUT2D eigenvalue weighted by Gasteiger charge is 2.35. The summed E-state index contributed by atoms with van der Waals surface area (Å²) in [6, 6.07) is 33.2. The van der Waals surface area contributed by atoms with Crippen LogP contribution in [0.5, 0.6) is 23.0 Å². The van der Waals surface area contributed by atoms with E-state index in [1.54, 1.807) is 0 Å². The number of ether oxygens (including phenoxy) is 6. The van der Waals surface area contributed by atoms with E-state index in [1.807, 2.05) is 60.7 Å². The quantitative estimate of drug-likeness (QED) is 0.125. The third kappa shape index (κ3) is 7.57. The Labute approximate surface area is 276 Å². The minimum absolute atomic E-state index is 0.261. The van der Waals surface area contributed by atoms with Crippen LogP contribution in [-0.2, 0) is 24.4 Å². The molecule has 4 aromatic rings. The number of nitrogens with zero attached hydrogens (tertiary/aromatic N) is 2. The van der Waals surface area contributed by atoms with Gasteiger partial charge in [0.1, 0.15) is 23.0 Å². The third-order valence-corrected chi connectivity index (χ3v) is 9.25. The normalized spacial score (nSPS) is 22.3. The van der Waals surface area contributed by atoms with E-state index in [0.29, 0.717) is 0 Å². The Hall–Kier alpha value is -4.08. The molecule has 4 unspecified atom stereocenters. The fraction of sp³-hybridized carbons (Fsp3) is 0.385. The first kappa shape index (κ1) is 30.3. The first-order valence-corrected chi connectivity index (χ1v) is 16.7. The number of hydrogen-bond donors (Lipinski definition) is 0. The Morgan fingerprint density at radius 3 is 1.19 bits per heavy atom. The van der Waals surface area contributed by atoms with Crippen molar-refractivity contribution in [2.45, 2.75) is 43.7 Å². The lowest BCUT2D eigenvalue weighted by atomic mass is 9.77. The summed E-state index contributed by atoms with van der Waals surface area (Å²) < 4.78 is 35.9. The summed E-state index contributed by atoms with van der Waals surface area (Å²) in [5, 5.41) is 0. The topological polar surface area (TPSA) is 75.1 Å². The second-order valence-corrected chi connectivity index (χ2v) is 13.4. The van der Waals surface area contributed by atoms with Crippen molar-refractivity contribution in [1.29, 1.82) is 0 Å². The van der Waals surface area contributed by atoms with Crippen LogP contribution < -0.4 is 19.3 Å². The van der Waals surface area contributed by atoms with Gasteiger partial charge in [-0.3, -0.25) is 0 Å². The Balaban J connectivity index is 1.18. The second-order valence-electron chi connectivity index (χ2n) is 13.4. The van der Waals surface area contributed by atoms with Crippen molar-refractivity contribution in [2.24, 2.45) is 0 Å². The van der Waals surface area contributed by atoms with Gasteiger partial charge >= 0.3 is 0 Å². The number of rotatable bonds is 16. The lowest BCUT2D eigenvalue weighted by molar-refractivity contribution is 0.388. The molecule has 0 N–H and O–H groups in total. The fourth-order valence-corrected chi connectivity index (χ4v) is 6.24. The van der Waals surface area contributed by atoms with E-state index in [1.165, 1.54) is 0 Å². The molecule has 4 aliphatic rings. The predicted octanol–water partition coefficient (Wildman–Crippen LogP) is 6.81. The summed E-state index contributed by atoms with van der Waals surface area (Å²) in [5.74, 6) is 3.21. The fourth-order valence-electron chi connectivity index (χ4n) is 6.24. The van der Waals surface area contributed by atoms with Crippen molar-refractivity contribution >= 4 is 11.4 Å². The molecule has 0 radical (unpaired) electrons. The van der Waals surface area contributed by atoms with Crippen LogP contribution in [0.15, 0.2) is 97.1 Å². The Bertz CT molecular complexity index is 1510. The summed E-state index contributed by atoms with van der Waals surface area (Å²) in [7, 11) is 0. The molecule has 47 heavy (non-hydrogen) atoms. The summed E-state index contributed by atoms with van der Waals surface area (Å²) in [6.45, 7) is 11.0. The van der Waals surface area contributed by atoms with Crippen molar-refractivity contribution in [1.82, 2.24) is 0 Å². The summed E-state index contributed by atoms with van der Waals surface area (Å²) in [6.07, 6.45) is 1.04. The molecular weight excluding hydrogens is 592 g/mol. The molecule has 8 heteroatoms. The van der Waals surface area contributed by atoms with Crippen LogP contribution in [0.25, 0.3) is 0 Å². The molecule has 244 valence electrons. The van der Waals surface area contributed by atoms with Crippen LogP contribution in [0.3, 0.4) is 0 Å². The van der Waals surface area contributed by atoms with Crippen LogP contribution in [0, 0.1) is 0 Å². The van der Waals surface area contributed by atoms with Gasteiger partial charge in [-0.1, -0.05) is 62.4 Å². The standard InChI is InChI=1S/C39H42N2O6/c1-39(2,35-15-13-27(17-37(35)46-29-9-5-3-6-10-29)40(19-31-23-42-31)20-32-24-43-32)36-16-14-28(18-38(36)47-30-11-7-4-8-12-30)41(21-33-25-44-33)22-34-26-45-34/h3-18,31-34H,19-26H2,1-2H3. The largest absolute Gasteiger partial charge is 0.457 e. The van der Waals surface area contributed by atoms with E-state index in [9.17, 15) is 0 Å². The predicted molar refractivity (Wildman–Crippen MR) is 181 cm³/mol. The summed E-state index contributed by atoms with van der Waals surface area (Å²) >= 11 is 0. The molecule has 4 fully saturated rings. The average Bonchev–Trinajstić information content (AvgIpc) is 3.88. The molecule has 4 atom stereocenters. The first-order valence-electron chi connectivity index (χ1n) is 16.7. The van der Waals surface area contributed by atoms with Gasteiger partial charge in [-0.25, -0.2) is 0 Å². The van der Waals surface area contributed by atoms with Gasteiger partial charge in [0.2, 0.25) is 0 Å². The molecule has 0 saturated carbocycles. The molecule has 0 aliphatic carbocycles. The Morgan fingerprint density at radius 2 is 0.872 bits per heavy atom. The van der Waals surface area contributed by atoms with Crippen molar-refractivity contribution in [3.8, 4) is 23.0 Å². The number of para-hydroxylation sites is 2. The minimum atomic E-state index is -0.487. The van der Waals surface area contributed by atoms with E-state index in [2.05, 4.69) is 60.0 Å². The SMILES string of the molecule is CC(C)(c1ccc(N(CC2CO2)CC2CO2)cc1Oc1ccccc1)c1ccc(N(CC2CO2)CC2CO2)cc1Oc1ccccc1. The maximum absolute atomic E-state index is 6.70. The molecular formula is C39H42N2O6. The van der Waals surface area contributed by atoms with Crippen LogP contribution in [0.2, 0.25) is 0 Å². The van der Waals surface area contributed by atoms with Crippen molar-refractivity contribution in [2.75, 3.05) is 62.4 Å². The van der Waals surface area contributed by atoms with Crippen molar-refractivity contribution in [3.05, 3.63) is 108 Å². The van der Waals surface area contributed by atoms with E-state index >= 15 is 0 Å². The maximum Gasteiger partial charge on any atom is 0.133 e. The smallest absolute Gasteiger partial charge is 0.133 e. The van der Waals surface area contributed by atoms with Gasteiger partial charge in [-0.2, -0.15) is 0 Å². The molecule has 4 aromatic carbocycles. The number of anilines is 2. The van der Waals surface area contributed by atoms with E-state index < -0.39 is 5.41 Å². The zero-order chi connectivity index (χ0) is 31.8. The minimum Gasteiger partial charge on any atom is -0.457 e. The van der Waals surface area contributed by atoms with Crippen molar-refractivity contribution < 1.29 is 28.4 Å². The zero-order valence-electron chi connectivity index (χ0n) is 27.0. The Morgan fingerprint density at radius 1 is 0.532 bits per heavy atom. The van der Waals surface area contributed by atoms with Gasteiger partial charge in [0.25, 0.3) is 0 Å². The van der Waals surface area contributed by atoms with Crippen LogP contribution >= 0.6 is 0 Å². The second kappa shape index (κ2) is 12.8. The molecule has 4 aliphatic heterocycles. The van der Waals surface area contributed by atoms with Gasteiger partial charge in [0.05, 0.1) is 50.8 Å². The molecule has 0 aromatic heterocycles. The van der Waals surface area contributed by atoms with Crippen LogP contribution in [-0.4, -0.2) is 77.0 Å². The molecule has 0 amide bonds. The third-order valence-electron chi connectivity index (χ3n) is 9.25. The van der Waals surface area contributed by atoms with Crippen LogP contribution in [0.4, 0.5) is 11.4 Å². The maximum atomic E-state index is 6.70.